The van der Waals surface area contributed by atoms with Crippen LogP contribution in [0.4, 0.5) is 5.69 Å². The fraction of sp³-hybridized carbons (Fsp3) is 0.553. The Morgan fingerprint density at radius 3 is 2.00 bits per heavy atom. The summed E-state index contributed by atoms with van der Waals surface area (Å²) < 4.78 is 3.31. The van der Waals surface area contributed by atoms with Gasteiger partial charge in [0.25, 0.3) is 5.56 Å². The summed E-state index contributed by atoms with van der Waals surface area (Å²) in [6, 6.07) is 13.4. The minimum absolute atomic E-state index is 0.0665. The van der Waals surface area contributed by atoms with Crippen LogP contribution in [-0.4, -0.2) is 37.9 Å². The number of nitrogens with one attached hydrogen (secondary N) is 1. The fourth-order valence-electron chi connectivity index (χ4n) is 6.63. The molecule has 1 fully saturated rings. The molecule has 250 valence electrons. The van der Waals surface area contributed by atoms with Crippen LogP contribution < -0.4 is 15.8 Å². The van der Waals surface area contributed by atoms with E-state index in [0.29, 0.717) is 30.0 Å². The molecule has 0 aliphatic heterocycles. The van der Waals surface area contributed by atoms with E-state index in [1.807, 2.05) is 56.3 Å². The van der Waals surface area contributed by atoms with Crippen molar-refractivity contribution in [1.29, 1.82) is 0 Å². The summed E-state index contributed by atoms with van der Waals surface area (Å²) in [7, 11) is 1.80. The largest absolute Gasteiger partial charge is 0.507 e. The first-order valence-corrected chi connectivity index (χ1v) is 16.8. The van der Waals surface area contributed by atoms with Crippen LogP contribution >= 0.6 is 0 Å². The third-order valence-electron chi connectivity index (χ3n) is 9.77. The van der Waals surface area contributed by atoms with Gasteiger partial charge in [0.1, 0.15) is 17.0 Å². The molecule has 2 amide bonds. The Labute approximate surface area is 274 Å². The molecule has 0 bridgehead atoms. The van der Waals surface area contributed by atoms with Gasteiger partial charge in [-0.3, -0.25) is 24.0 Å². The summed E-state index contributed by atoms with van der Waals surface area (Å²) in [4.78, 5) is 44.5. The van der Waals surface area contributed by atoms with Gasteiger partial charge in [0.05, 0.1) is 11.4 Å². The minimum Gasteiger partial charge on any atom is -0.507 e. The molecule has 1 aliphatic rings. The normalized spacial score (nSPS) is 15.5. The van der Waals surface area contributed by atoms with Crippen LogP contribution in [0.15, 0.2) is 47.3 Å². The third-order valence-corrected chi connectivity index (χ3v) is 9.77. The SMILES string of the molecule is CC[C@](C)(C(=O)NC1CCCC1)N(C(=O)CCc1cc(C(C)(C)C)c(O)c(C(C)(C)C)c1)c1c(C)n(C)n(-c2ccccc2)c1=O. The zero-order valence-corrected chi connectivity index (χ0v) is 29.6. The lowest BCUT2D eigenvalue weighted by Gasteiger charge is -2.39. The van der Waals surface area contributed by atoms with E-state index in [4.69, 9.17) is 0 Å². The molecule has 3 aromatic rings. The van der Waals surface area contributed by atoms with E-state index < -0.39 is 5.54 Å². The van der Waals surface area contributed by atoms with Crippen LogP contribution in [0.25, 0.3) is 5.69 Å². The fourth-order valence-corrected chi connectivity index (χ4v) is 6.63. The first-order valence-electron chi connectivity index (χ1n) is 16.8. The highest BCUT2D eigenvalue weighted by Gasteiger charge is 2.45. The second-order valence-electron chi connectivity index (χ2n) is 15.3. The molecule has 2 aromatic carbocycles. The molecule has 2 N–H and O–H groups in total. The number of phenolic OH excluding ortho intramolecular Hbond substituents is 1. The van der Waals surface area contributed by atoms with Crippen molar-refractivity contribution in [2.75, 3.05) is 4.90 Å². The number of phenols is 1. The molecule has 1 aromatic heterocycles. The van der Waals surface area contributed by atoms with E-state index in [-0.39, 0.29) is 46.4 Å². The Bertz CT molecular complexity index is 1600. The number of rotatable bonds is 9. The topological polar surface area (TPSA) is 96.6 Å². The molecule has 0 spiro atoms. The number of aryl methyl sites for hydroxylation is 1. The highest BCUT2D eigenvalue weighted by molar-refractivity contribution is 6.03. The summed E-state index contributed by atoms with van der Waals surface area (Å²) in [5.41, 5.74) is 1.85. The number of anilines is 1. The highest BCUT2D eigenvalue weighted by Crippen LogP contribution is 2.40. The second-order valence-corrected chi connectivity index (χ2v) is 15.3. The molecule has 1 heterocycles. The van der Waals surface area contributed by atoms with Crippen molar-refractivity contribution in [1.82, 2.24) is 14.7 Å². The minimum atomic E-state index is -1.29. The van der Waals surface area contributed by atoms with Gasteiger partial charge in [-0.15, -0.1) is 0 Å². The van der Waals surface area contributed by atoms with Crippen LogP contribution in [0.2, 0.25) is 0 Å². The van der Waals surface area contributed by atoms with Gasteiger partial charge in [0.2, 0.25) is 11.8 Å². The second kappa shape index (κ2) is 13.1. The molecule has 1 saturated carbocycles. The van der Waals surface area contributed by atoms with Gasteiger partial charge in [0.15, 0.2) is 0 Å². The molecular weight excluding hydrogens is 576 g/mol. The van der Waals surface area contributed by atoms with E-state index in [1.165, 1.54) is 4.90 Å². The first kappa shape index (κ1) is 35.1. The maximum absolute atomic E-state index is 14.6. The summed E-state index contributed by atoms with van der Waals surface area (Å²) in [5.74, 6) is -0.237. The molecular formula is C38H54N4O4. The number of carbonyl (C=O) groups excluding carboxylic acids is 2. The zero-order valence-electron chi connectivity index (χ0n) is 29.6. The van der Waals surface area contributed by atoms with Crippen molar-refractivity contribution in [2.45, 2.75) is 130 Å². The lowest BCUT2D eigenvalue weighted by Crippen LogP contribution is -2.61. The van der Waals surface area contributed by atoms with Crippen molar-refractivity contribution in [2.24, 2.45) is 7.05 Å². The van der Waals surface area contributed by atoms with Crippen LogP contribution in [-0.2, 0) is 33.9 Å². The molecule has 1 aliphatic carbocycles. The summed E-state index contributed by atoms with van der Waals surface area (Å²) in [6.45, 7) is 17.9. The maximum atomic E-state index is 14.6. The Balaban J connectivity index is 1.82. The van der Waals surface area contributed by atoms with Crippen LogP contribution in [0.3, 0.4) is 0 Å². The summed E-state index contributed by atoms with van der Waals surface area (Å²) in [6.07, 6.45) is 4.77. The van der Waals surface area contributed by atoms with E-state index in [0.717, 1.165) is 42.4 Å². The summed E-state index contributed by atoms with van der Waals surface area (Å²) >= 11 is 0. The van der Waals surface area contributed by atoms with E-state index >= 15 is 0 Å². The van der Waals surface area contributed by atoms with Gasteiger partial charge in [-0.25, -0.2) is 4.68 Å². The van der Waals surface area contributed by atoms with Gasteiger partial charge in [-0.1, -0.05) is 91.6 Å². The van der Waals surface area contributed by atoms with Gasteiger partial charge in [-0.05, 0) is 79.2 Å². The lowest BCUT2D eigenvalue weighted by atomic mass is 9.78. The number of benzene rings is 2. The Morgan fingerprint density at radius 1 is 0.957 bits per heavy atom. The van der Waals surface area contributed by atoms with E-state index in [9.17, 15) is 19.5 Å². The Hall–Kier alpha value is -3.81. The van der Waals surface area contributed by atoms with Crippen molar-refractivity contribution in [3.63, 3.8) is 0 Å². The van der Waals surface area contributed by atoms with Crippen molar-refractivity contribution < 1.29 is 14.7 Å². The number of carbonyl (C=O) groups is 2. The molecule has 0 radical (unpaired) electrons. The number of aromatic nitrogens is 2. The third kappa shape index (κ3) is 6.81. The zero-order chi connectivity index (χ0) is 34.2. The van der Waals surface area contributed by atoms with Crippen LogP contribution in [0.5, 0.6) is 5.75 Å². The van der Waals surface area contributed by atoms with Gasteiger partial charge >= 0.3 is 0 Å². The molecule has 1 atom stereocenters. The number of amides is 2. The number of hydrogen-bond donors (Lipinski definition) is 2. The number of aromatic hydroxyl groups is 1. The lowest BCUT2D eigenvalue weighted by molar-refractivity contribution is -0.130. The predicted molar refractivity (Wildman–Crippen MR) is 186 cm³/mol. The smallest absolute Gasteiger partial charge is 0.295 e. The van der Waals surface area contributed by atoms with Crippen molar-refractivity contribution in [3.05, 3.63) is 75.2 Å². The average Bonchev–Trinajstić information content (AvgIpc) is 3.57. The van der Waals surface area contributed by atoms with Crippen LogP contribution in [0.1, 0.15) is 116 Å². The molecule has 46 heavy (non-hydrogen) atoms. The molecule has 8 nitrogen and oxygen atoms in total. The standard InChI is InChI=1S/C38H54N4O4/c1-11-38(9,35(46)39-27-17-15-16-18-27)41(32-25(2)40(10)42(34(32)45)28-19-13-12-14-20-28)31(43)22-21-26-23-29(36(3,4)5)33(44)30(24-26)37(6,7)8/h12-14,19-20,23-24,27,44H,11,15-18,21-22H2,1-10H3,(H,39,46)/t38-/m1/s1. The number of para-hydroxylation sites is 1. The average molecular weight is 631 g/mol. The van der Waals surface area contributed by atoms with E-state index in [1.54, 1.807) is 23.3 Å². The van der Waals surface area contributed by atoms with Crippen molar-refractivity contribution >= 4 is 17.5 Å². The van der Waals surface area contributed by atoms with Gasteiger partial charge in [-0.2, -0.15) is 0 Å². The quantitative estimate of drug-likeness (QED) is 0.267. The molecule has 8 heteroatoms. The van der Waals surface area contributed by atoms with E-state index in [2.05, 4.69) is 46.9 Å². The molecule has 0 unspecified atom stereocenters. The Morgan fingerprint density at radius 2 is 1.50 bits per heavy atom. The molecule has 0 saturated heterocycles. The monoisotopic (exact) mass is 630 g/mol. The number of hydrogen-bond acceptors (Lipinski definition) is 4. The van der Waals surface area contributed by atoms with Gasteiger partial charge in [0, 0.05) is 19.5 Å². The predicted octanol–water partition coefficient (Wildman–Crippen LogP) is 6.98. The highest BCUT2D eigenvalue weighted by atomic mass is 16.3. The molecule has 4 rings (SSSR count). The first-order chi connectivity index (χ1) is 21.4. The van der Waals surface area contributed by atoms with Crippen molar-refractivity contribution in [3.8, 4) is 11.4 Å². The maximum Gasteiger partial charge on any atom is 0.295 e. The van der Waals surface area contributed by atoms with Gasteiger partial charge < -0.3 is 10.4 Å². The summed E-state index contributed by atoms with van der Waals surface area (Å²) in [5, 5.41) is 14.5. The Kier molecular flexibility index (Phi) is 10.0. The number of nitrogens with zero attached hydrogens (tertiary/aromatic N) is 3. The van der Waals surface area contributed by atoms with Crippen LogP contribution in [0, 0.1) is 6.92 Å².